The summed E-state index contributed by atoms with van der Waals surface area (Å²) in [5.74, 6) is -0.290. The molecule has 1 N–H and O–H groups in total. The Morgan fingerprint density at radius 1 is 0.900 bits per heavy atom. The molecule has 7 heteroatoms. The largest absolute Gasteiger partial charge is 0.494 e. The van der Waals surface area contributed by atoms with E-state index in [9.17, 15) is 14.0 Å². The molecule has 0 aliphatic heterocycles. The van der Waals surface area contributed by atoms with Crippen LogP contribution in [0.15, 0.2) is 77.9 Å². The van der Waals surface area contributed by atoms with Crippen molar-refractivity contribution in [2.45, 2.75) is 6.92 Å². The third-order valence-corrected chi connectivity index (χ3v) is 3.98. The van der Waals surface area contributed by atoms with Crippen LogP contribution in [0.1, 0.15) is 33.2 Å². The van der Waals surface area contributed by atoms with E-state index in [1.165, 1.54) is 30.5 Å². The van der Waals surface area contributed by atoms with E-state index >= 15 is 0 Å². The van der Waals surface area contributed by atoms with E-state index in [4.69, 9.17) is 9.47 Å². The molecule has 3 aromatic carbocycles. The highest BCUT2D eigenvalue weighted by molar-refractivity contribution is 5.95. The van der Waals surface area contributed by atoms with Crippen molar-refractivity contribution < 1.29 is 23.5 Å². The zero-order valence-electron chi connectivity index (χ0n) is 16.2. The first kappa shape index (κ1) is 20.7. The van der Waals surface area contributed by atoms with E-state index < -0.39 is 17.7 Å². The molecule has 0 aliphatic rings. The molecule has 0 heterocycles. The fraction of sp³-hybridized carbons (Fsp3) is 0.0870. The third kappa shape index (κ3) is 5.75. The Labute approximate surface area is 173 Å². The number of carbonyl (C=O) groups excluding carboxylic acids is 2. The van der Waals surface area contributed by atoms with E-state index in [1.807, 2.05) is 6.92 Å². The summed E-state index contributed by atoms with van der Waals surface area (Å²) >= 11 is 0. The Kier molecular flexibility index (Phi) is 6.89. The number of carbonyl (C=O) groups is 2. The number of benzene rings is 3. The molecule has 152 valence electrons. The third-order valence-electron chi connectivity index (χ3n) is 3.98. The highest BCUT2D eigenvalue weighted by atomic mass is 19.1. The van der Waals surface area contributed by atoms with Crippen molar-refractivity contribution in [2.75, 3.05) is 6.61 Å². The van der Waals surface area contributed by atoms with Crippen LogP contribution < -0.4 is 14.9 Å². The topological polar surface area (TPSA) is 77.0 Å². The predicted octanol–water partition coefficient (Wildman–Crippen LogP) is 4.21. The molecular weight excluding hydrogens is 387 g/mol. The summed E-state index contributed by atoms with van der Waals surface area (Å²) in [5.41, 5.74) is 3.76. The average molecular weight is 406 g/mol. The van der Waals surface area contributed by atoms with Crippen molar-refractivity contribution in [3.8, 4) is 11.5 Å². The van der Waals surface area contributed by atoms with Gasteiger partial charge in [0, 0.05) is 5.56 Å². The number of rotatable bonds is 7. The van der Waals surface area contributed by atoms with Gasteiger partial charge in [-0.1, -0.05) is 0 Å². The molecule has 0 radical (unpaired) electrons. The van der Waals surface area contributed by atoms with Crippen molar-refractivity contribution in [1.29, 1.82) is 0 Å². The van der Waals surface area contributed by atoms with E-state index in [-0.39, 0.29) is 0 Å². The summed E-state index contributed by atoms with van der Waals surface area (Å²) in [4.78, 5) is 24.1. The lowest BCUT2D eigenvalue weighted by atomic mass is 10.2. The number of halogens is 1. The van der Waals surface area contributed by atoms with Crippen LogP contribution in [0.25, 0.3) is 0 Å². The lowest BCUT2D eigenvalue weighted by molar-refractivity contribution is 0.0734. The van der Waals surface area contributed by atoms with Crippen LogP contribution in [-0.4, -0.2) is 24.7 Å². The molecule has 0 atom stereocenters. The second-order valence-electron chi connectivity index (χ2n) is 6.12. The van der Waals surface area contributed by atoms with E-state index in [0.717, 1.165) is 0 Å². The normalized spacial score (nSPS) is 10.6. The maximum atomic E-state index is 12.9. The molecule has 0 aromatic heterocycles. The van der Waals surface area contributed by atoms with Crippen molar-refractivity contribution in [1.82, 2.24) is 5.43 Å². The molecule has 6 nitrogen and oxygen atoms in total. The number of nitrogens with zero attached hydrogens (tertiary/aromatic N) is 1. The molecule has 0 fully saturated rings. The van der Waals surface area contributed by atoms with Crippen LogP contribution in [0.4, 0.5) is 4.39 Å². The summed E-state index contributed by atoms with van der Waals surface area (Å²) in [6.07, 6.45) is 1.44. The Hall–Kier alpha value is -4.00. The maximum Gasteiger partial charge on any atom is 0.343 e. The van der Waals surface area contributed by atoms with Gasteiger partial charge in [-0.25, -0.2) is 14.6 Å². The molecule has 0 saturated carbocycles. The molecule has 0 unspecified atom stereocenters. The highest BCUT2D eigenvalue weighted by Gasteiger charge is 2.09. The minimum absolute atomic E-state index is 0.296. The Morgan fingerprint density at radius 3 is 2.13 bits per heavy atom. The number of hydrazone groups is 1. The van der Waals surface area contributed by atoms with Crippen LogP contribution in [0.2, 0.25) is 0 Å². The number of hydrogen-bond acceptors (Lipinski definition) is 5. The van der Waals surface area contributed by atoms with Crippen LogP contribution in [-0.2, 0) is 0 Å². The van der Waals surface area contributed by atoms with Crippen molar-refractivity contribution in [3.63, 3.8) is 0 Å². The van der Waals surface area contributed by atoms with Gasteiger partial charge in [-0.2, -0.15) is 5.10 Å². The Balaban J connectivity index is 1.54. The first-order valence-electron chi connectivity index (χ1n) is 9.19. The minimum Gasteiger partial charge on any atom is -0.494 e. The molecule has 0 spiro atoms. The Bertz CT molecular complexity index is 1030. The molecule has 0 aliphatic carbocycles. The number of nitrogens with one attached hydrogen (secondary N) is 1. The summed E-state index contributed by atoms with van der Waals surface area (Å²) in [5, 5.41) is 3.86. The second kappa shape index (κ2) is 9.97. The number of ether oxygens (including phenoxy) is 2. The molecule has 30 heavy (non-hydrogen) atoms. The maximum absolute atomic E-state index is 12.9. The summed E-state index contributed by atoms with van der Waals surface area (Å²) in [6.45, 7) is 2.44. The van der Waals surface area contributed by atoms with Gasteiger partial charge in [-0.3, -0.25) is 4.79 Å². The van der Waals surface area contributed by atoms with E-state index in [2.05, 4.69) is 10.5 Å². The number of hydrogen-bond donors (Lipinski definition) is 1. The van der Waals surface area contributed by atoms with Gasteiger partial charge >= 0.3 is 5.97 Å². The first-order chi connectivity index (χ1) is 14.5. The fourth-order valence-electron chi connectivity index (χ4n) is 2.47. The summed E-state index contributed by atoms with van der Waals surface area (Å²) in [7, 11) is 0. The van der Waals surface area contributed by atoms with Gasteiger partial charge in [0.1, 0.15) is 17.3 Å². The standard InChI is InChI=1S/C23H19FN2O4/c1-2-29-20-13-7-18(8-14-20)23(28)30-21-11-3-16(4-12-21)15-25-26-22(27)17-5-9-19(24)10-6-17/h3-15H,2H2,1H3,(H,26,27). The van der Waals surface area contributed by atoms with Crippen LogP contribution in [0.3, 0.4) is 0 Å². The summed E-state index contributed by atoms with van der Waals surface area (Å²) in [6, 6.07) is 18.4. The van der Waals surface area contributed by atoms with Crippen LogP contribution >= 0.6 is 0 Å². The molecule has 0 bridgehead atoms. The predicted molar refractivity (Wildman–Crippen MR) is 110 cm³/mol. The van der Waals surface area contributed by atoms with Gasteiger partial charge in [0.25, 0.3) is 5.91 Å². The highest BCUT2D eigenvalue weighted by Crippen LogP contribution is 2.16. The quantitative estimate of drug-likeness (QED) is 0.276. The zero-order chi connectivity index (χ0) is 21.3. The molecule has 1 amide bonds. The number of amides is 1. The molecule has 0 saturated heterocycles. The van der Waals surface area contributed by atoms with Crippen molar-refractivity contribution in [2.24, 2.45) is 5.10 Å². The molecule has 3 rings (SSSR count). The lowest BCUT2D eigenvalue weighted by Crippen LogP contribution is -2.17. The molecular formula is C23H19FN2O4. The van der Waals surface area contributed by atoms with Crippen LogP contribution in [0.5, 0.6) is 11.5 Å². The average Bonchev–Trinajstić information content (AvgIpc) is 2.76. The Morgan fingerprint density at radius 2 is 1.50 bits per heavy atom. The van der Waals surface area contributed by atoms with E-state index in [1.54, 1.807) is 48.5 Å². The van der Waals surface area contributed by atoms with Gasteiger partial charge in [-0.05, 0) is 85.3 Å². The SMILES string of the molecule is CCOc1ccc(C(=O)Oc2ccc(C=NNC(=O)c3ccc(F)cc3)cc2)cc1. The van der Waals surface area contributed by atoms with E-state index in [0.29, 0.717) is 34.8 Å². The second-order valence-corrected chi connectivity index (χ2v) is 6.12. The van der Waals surface area contributed by atoms with Gasteiger partial charge in [-0.15, -0.1) is 0 Å². The number of esters is 1. The fourth-order valence-corrected chi connectivity index (χ4v) is 2.47. The van der Waals surface area contributed by atoms with Gasteiger partial charge in [0.2, 0.25) is 0 Å². The first-order valence-corrected chi connectivity index (χ1v) is 9.19. The minimum atomic E-state index is -0.481. The smallest absolute Gasteiger partial charge is 0.343 e. The monoisotopic (exact) mass is 406 g/mol. The summed E-state index contributed by atoms with van der Waals surface area (Å²) < 4.78 is 23.6. The van der Waals surface area contributed by atoms with Gasteiger partial charge < -0.3 is 9.47 Å². The van der Waals surface area contributed by atoms with Crippen LogP contribution in [0, 0.1) is 5.82 Å². The van der Waals surface area contributed by atoms with Crippen molar-refractivity contribution in [3.05, 3.63) is 95.3 Å². The molecule has 3 aromatic rings. The lowest BCUT2D eigenvalue weighted by Gasteiger charge is -2.06. The zero-order valence-corrected chi connectivity index (χ0v) is 16.2. The van der Waals surface area contributed by atoms with Gasteiger partial charge in [0.05, 0.1) is 18.4 Å². The van der Waals surface area contributed by atoms with Crippen molar-refractivity contribution >= 4 is 18.1 Å². The van der Waals surface area contributed by atoms with Gasteiger partial charge in [0.15, 0.2) is 0 Å².